The molecule has 0 aromatic heterocycles. The molecule has 2 amide bonds. The third-order valence-corrected chi connectivity index (χ3v) is 4.91. The van der Waals surface area contributed by atoms with Gasteiger partial charge in [-0.3, -0.25) is 19.9 Å². The number of hydrogen-bond donors (Lipinski definition) is 4. The molecule has 36 heavy (non-hydrogen) atoms. The highest BCUT2D eigenvalue weighted by atomic mass is 16.6. The van der Waals surface area contributed by atoms with E-state index < -0.39 is 18.2 Å². The second-order valence-corrected chi connectivity index (χ2v) is 7.76. The Hall–Kier alpha value is -4.86. The first-order valence-corrected chi connectivity index (χ1v) is 10.9. The number of carbonyl (C=O) groups excluding carboxylic acids is 2. The molecule has 1 fully saturated rings. The lowest BCUT2D eigenvalue weighted by Gasteiger charge is -2.14. The molecule has 3 aromatic rings. The topological polar surface area (TPSA) is 155 Å². The monoisotopic (exact) mass is 490 g/mol. The molecule has 1 unspecified atom stereocenters. The molecular weight excluding hydrogens is 464 g/mol. The van der Waals surface area contributed by atoms with E-state index in [1.54, 1.807) is 48.5 Å². The van der Waals surface area contributed by atoms with Crippen LogP contribution in [-0.2, 0) is 9.53 Å². The largest absolute Gasteiger partial charge is 0.490 e. The van der Waals surface area contributed by atoms with Gasteiger partial charge in [0, 0.05) is 29.4 Å². The van der Waals surface area contributed by atoms with Gasteiger partial charge in [-0.2, -0.15) is 0 Å². The predicted molar refractivity (Wildman–Crippen MR) is 135 cm³/mol. The second kappa shape index (κ2) is 12.0. The van der Waals surface area contributed by atoms with Crippen LogP contribution >= 0.6 is 0 Å². The summed E-state index contributed by atoms with van der Waals surface area (Å²) in [5, 5.41) is 17.8. The zero-order chi connectivity index (χ0) is 26.1. The Morgan fingerprint density at radius 1 is 1.08 bits per heavy atom. The number of nitrogens with two attached hydrogens (primary N) is 1. The van der Waals surface area contributed by atoms with Crippen LogP contribution in [0, 0.1) is 5.41 Å². The van der Waals surface area contributed by atoms with Gasteiger partial charge in [-0.1, -0.05) is 36.4 Å². The molecule has 0 radical (unpaired) electrons. The van der Waals surface area contributed by atoms with Gasteiger partial charge in [0.15, 0.2) is 6.10 Å². The molecule has 10 nitrogen and oxygen atoms in total. The number of carboxylic acids is 1. The normalized spacial score (nSPS) is 14.2. The van der Waals surface area contributed by atoms with Crippen molar-refractivity contribution in [2.24, 2.45) is 5.73 Å². The van der Waals surface area contributed by atoms with Crippen molar-refractivity contribution < 1.29 is 29.0 Å². The molecule has 4 rings (SSSR count). The number of nitrogens with one attached hydrogen (secondary N) is 2. The summed E-state index contributed by atoms with van der Waals surface area (Å²) in [6.45, 7) is 1.52. The highest BCUT2D eigenvalue weighted by molar-refractivity contribution is 6.04. The number of aliphatic carboxylic acids is 1. The number of rotatable bonds is 7. The molecule has 10 heteroatoms. The van der Waals surface area contributed by atoms with Crippen molar-refractivity contribution in [1.82, 2.24) is 0 Å². The van der Waals surface area contributed by atoms with Gasteiger partial charge in [0.05, 0.1) is 6.54 Å². The minimum absolute atomic E-state index is 0.0736. The number of nitrogen functional groups attached to an aromatic ring is 1. The number of ether oxygens (including phenoxy) is 2. The molecule has 0 spiro atoms. The maximum atomic E-state index is 12.5. The zero-order valence-electron chi connectivity index (χ0n) is 19.5. The van der Waals surface area contributed by atoms with Crippen molar-refractivity contribution in [2.75, 3.05) is 23.4 Å². The van der Waals surface area contributed by atoms with Crippen molar-refractivity contribution in [3.05, 3.63) is 90.0 Å². The molecule has 0 bridgehead atoms. The molecule has 1 atom stereocenters. The number of carboxylic acid groups (broad SMARTS) is 1. The lowest BCUT2D eigenvalue weighted by atomic mass is 10.1. The predicted octanol–water partition coefficient (Wildman–Crippen LogP) is 3.72. The van der Waals surface area contributed by atoms with Gasteiger partial charge in [-0.05, 0) is 42.5 Å². The summed E-state index contributed by atoms with van der Waals surface area (Å²) in [7, 11) is 0. The molecule has 1 heterocycles. The van der Waals surface area contributed by atoms with Crippen molar-refractivity contribution in [1.29, 1.82) is 5.41 Å². The Morgan fingerprint density at radius 2 is 1.75 bits per heavy atom. The van der Waals surface area contributed by atoms with E-state index in [4.69, 9.17) is 30.5 Å². The summed E-state index contributed by atoms with van der Waals surface area (Å²) < 4.78 is 11.2. The SMILES string of the molecule is CC(=O)O.N=C(N)c1cccc(N2CC(COc3cccc(C(=O)Nc4ccccc4)c3)OC2=O)c1. The minimum atomic E-state index is -0.833. The Kier molecular flexibility index (Phi) is 8.60. The molecule has 1 aliphatic heterocycles. The maximum absolute atomic E-state index is 12.5. The van der Waals surface area contributed by atoms with E-state index in [0.717, 1.165) is 6.92 Å². The number of amides is 2. The van der Waals surface area contributed by atoms with Gasteiger partial charge in [0.1, 0.15) is 18.2 Å². The van der Waals surface area contributed by atoms with Gasteiger partial charge in [-0.25, -0.2) is 4.79 Å². The number of nitrogens with zero attached hydrogens (tertiary/aromatic N) is 1. The standard InChI is InChI=1S/C24H22N4O4.C2H4O2/c25-22(26)16-6-4-10-19(12-16)28-14-21(32-24(28)30)15-31-20-11-5-7-17(13-20)23(29)27-18-8-2-1-3-9-18;1-2(3)4/h1-13,21H,14-15H2,(H3,25,26)(H,27,29);1H3,(H,3,4). The van der Waals surface area contributed by atoms with Crippen molar-refractivity contribution >= 4 is 35.2 Å². The van der Waals surface area contributed by atoms with E-state index >= 15 is 0 Å². The highest BCUT2D eigenvalue weighted by Gasteiger charge is 2.33. The fourth-order valence-corrected chi connectivity index (χ4v) is 3.30. The van der Waals surface area contributed by atoms with Crippen LogP contribution < -0.4 is 20.7 Å². The number of hydrogen-bond acceptors (Lipinski definition) is 6. The fourth-order valence-electron chi connectivity index (χ4n) is 3.30. The molecule has 1 saturated heterocycles. The molecule has 0 saturated carbocycles. The Balaban J connectivity index is 0.000000840. The average Bonchev–Trinajstić information content (AvgIpc) is 3.23. The molecular formula is C26H26N4O6. The molecule has 3 aromatic carbocycles. The Morgan fingerprint density at radius 3 is 2.44 bits per heavy atom. The second-order valence-electron chi connectivity index (χ2n) is 7.76. The van der Waals surface area contributed by atoms with Gasteiger partial charge in [-0.15, -0.1) is 0 Å². The number of benzene rings is 3. The minimum Gasteiger partial charge on any atom is -0.490 e. The van der Waals surface area contributed by atoms with Gasteiger partial charge >= 0.3 is 6.09 Å². The van der Waals surface area contributed by atoms with Crippen LogP contribution in [0.2, 0.25) is 0 Å². The first-order chi connectivity index (χ1) is 17.2. The Bertz CT molecular complexity index is 1240. The maximum Gasteiger partial charge on any atom is 0.414 e. The van der Waals surface area contributed by atoms with E-state index in [-0.39, 0.29) is 18.3 Å². The van der Waals surface area contributed by atoms with Gasteiger partial charge < -0.3 is 25.6 Å². The lowest BCUT2D eigenvalue weighted by Crippen LogP contribution is -2.27. The number of carbonyl (C=O) groups is 3. The number of para-hydroxylation sites is 1. The zero-order valence-corrected chi connectivity index (χ0v) is 19.5. The summed E-state index contributed by atoms with van der Waals surface area (Å²) >= 11 is 0. The molecule has 5 N–H and O–H groups in total. The summed E-state index contributed by atoms with van der Waals surface area (Å²) in [6.07, 6.45) is -0.972. The van der Waals surface area contributed by atoms with E-state index in [0.29, 0.717) is 34.8 Å². The first-order valence-electron chi connectivity index (χ1n) is 10.9. The highest BCUT2D eigenvalue weighted by Crippen LogP contribution is 2.24. The summed E-state index contributed by atoms with van der Waals surface area (Å²) in [4.78, 5) is 35.3. The summed E-state index contributed by atoms with van der Waals surface area (Å²) in [5.74, 6) is -0.653. The van der Waals surface area contributed by atoms with Crippen molar-refractivity contribution in [3.8, 4) is 5.75 Å². The number of anilines is 2. The van der Waals surface area contributed by atoms with E-state index in [2.05, 4.69) is 5.32 Å². The third-order valence-electron chi connectivity index (χ3n) is 4.91. The average molecular weight is 491 g/mol. The van der Waals surface area contributed by atoms with Crippen LogP contribution in [0.5, 0.6) is 5.75 Å². The smallest absolute Gasteiger partial charge is 0.414 e. The third kappa shape index (κ3) is 7.32. The van der Waals surface area contributed by atoms with Crippen LogP contribution in [0.4, 0.5) is 16.2 Å². The summed E-state index contributed by atoms with van der Waals surface area (Å²) in [5.41, 5.74) is 7.82. The van der Waals surface area contributed by atoms with Gasteiger partial charge in [0.25, 0.3) is 11.9 Å². The lowest BCUT2D eigenvalue weighted by molar-refractivity contribution is -0.134. The van der Waals surface area contributed by atoms with E-state index in [1.807, 2.05) is 30.3 Å². The molecule has 0 aliphatic carbocycles. The van der Waals surface area contributed by atoms with Crippen LogP contribution in [0.15, 0.2) is 78.9 Å². The van der Waals surface area contributed by atoms with Crippen molar-refractivity contribution in [2.45, 2.75) is 13.0 Å². The van der Waals surface area contributed by atoms with Gasteiger partial charge in [0.2, 0.25) is 0 Å². The van der Waals surface area contributed by atoms with Crippen LogP contribution in [0.1, 0.15) is 22.8 Å². The Labute approximate surface area is 207 Å². The van der Waals surface area contributed by atoms with Crippen LogP contribution in [-0.4, -0.2) is 48.2 Å². The number of cyclic esters (lactones) is 1. The quantitative estimate of drug-likeness (QED) is 0.291. The fraction of sp³-hybridized carbons (Fsp3) is 0.154. The van der Waals surface area contributed by atoms with Crippen molar-refractivity contribution in [3.63, 3.8) is 0 Å². The van der Waals surface area contributed by atoms with E-state index in [1.165, 1.54) is 4.90 Å². The van der Waals surface area contributed by atoms with E-state index in [9.17, 15) is 9.59 Å². The van der Waals surface area contributed by atoms with Crippen LogP contribution in [0.25, 0.3) is 0 Å². The number of amidine groups is 1. The van der Waals surface area contributed by atoms with Crippen LogP contribution in [0.3, 0.4) is 0 Å². The molecule has 1 aliphatic rings. The first kappa shape index (κ1) is 25.8. The summed E-state index contributed by atoms with van der Waals surface area (Å²) in [6, 6.07) is 22.9. The molecule has 186 valence electrons.